The van der Waals surface area contributed by atoms with Crippen molar-refractivity contribution in [2.45, 2.75) is 26.2 Å². The van der Waals surface area contributed by atoms with Crippen molar-refractivity contribution >= 4 is 10.4 Å². The maximum atomic E-state index is 10.3. The zero-order valence-corrected chi connectivity index (χ0v) is 11.5. The summed E-state index contributed by atoms with van der Waals surface area (Å²) in [5, 5.41) is 0. The summed E-state index contributed by atoms with van der Waals surface area (Å²) in [6, 6.07) is 7.54. The lowest BCUT2D eigenvalue weighted by Crippen LogP contribution is -2.12. The van der Waals surface area contributed by atoms with Crippen molar-refractivity contribution in [3.05, 3.63) is 29.8 Å². The van der Waals surface area contributed by atoms with Crippen LogP contribution in [-0.4, -0.2) is 26.2 Å². The number of rotatable bonds is 5. The van der Waals surface area contributed by atoms with Gasteiger partial charge in [0.05, 0.1) is 0 Å². The lowest BCUT2D eigenvalue weighted by atomic mass is 9.87. The number of benzene rings is 1. The van der Waals surface area contributed by atoms with Gasteiger partial charge in [-0.1, -0.05) is 32.9 Å². The molecule has 0 amide bonds. The normalized spacial score (nSPS) is 12.4. The minimum atomic E-state index is -4.38. The summed E-state index contributed by atoms with van der Waals surface area (Å²) < 4.78 is 38.3. The van der Waals surface area contributed by atoms with E-state index in [1.54, 1.807) is 0 Å². The van der Waals surface area contributed by atoms with Crippen LogP contribution in [0.5, 0.6) is 5.75 Å². The quantitative estimate of drug-likeness (QED) is 0.658. The van der Waals surface area contributed by atoms with E-state index in [0.29, 0.717) is 5.75 Å². The first-order valence-corrected chi connectivity index (χ1v) is 6.90. The predicted octanol–water partition coefficient (Wildman–Crippen LogP) is 2.18. The average molecular weight is 274 g/mol. The first kappa shape index (κ1) is 14.9. The summed E-state index contributed by atoms with van der Waals surface area (Å²) in [4.78, 5) is 0. The average Bonchev–Trinajstić information content (AvgIpc) is 2.22. The third-order valence-corrected chi connectivity index (χ3v) is 2.77. The summed E-state index contributed by atoms with van der Waals surface area (Å²) in [7, 11) is -4.38. The van der Waals surface area contributed by atoms with Crippen LogP contribution in [0.15, 0.2) is 24.3 Å². The highest BCUT2D eigenvalue weighted by atomic mass is 32.3. The van der Waals surface area contributed by atoms with Crippen LogP contribution in [0, 0.1) is 0 Å². The van der Waals surface area contributed by atoms with Crippen LogP contribution in [-0.2, 0) is 20.0 Å². The molecule has 0 saturated heterocycles. The van der Waals surface area contributed by atoms with E-state index in [2.05, 4.69) is 25.0 Å². The molecular formula is C12H18O5S. The van der Waals surface area contributed by atoms with Gasteiger partial charge >= 0.3 is 10.4 Å². The molecule has 0 saturated carbocycles. The largest absolute Gasteiger partial charge is 0.491 e. The molecule has 0 unspecified atom stereocenters. The SMILES string of the molecule is CC(C)(C)c1ccc(OCCOS(=O)(=O)O)cc1. The Kier molecular flexibility index (Phi) is 4.72. The Bertz CT molecular complexity index is 470. The van der Waals surface area contributed by atoms with E-state index in [4.69, 9.17) is 9.29 Å². The van der Waals surface area contributed by atoms with E-state index in [0.717, 1.165) is 0 Å². The van der Waals surface area contributed by atoms with Crippen LogP contribution in [0.1, 0.15) is 26.3 Å². The van der Waals surface area contributed by atoms with Gasteiger partial charge in [0.15, 0.2) is 0 Å². The van der Waals surface area contributed by atoms with Crippen LogP contribution < -0.4 is 4.74 Å². The van der Waals surface area contributed by atoms with Gasteiger partial charge in [-0.2, -0.15) is 8.42 Å². The van der Waals surface area contributed by atoms with Gasteiger partial charge < -0.3 is 4.74 Å². The molecule has 0 bridgehead atoms. The summed E-state index contributed by atoms with van der Waals surface area (Å²) in [6.45, 7) is 6.17. The Labute approximate surface area is 108 Å². The molecule has 6 heteroatoms. The number of hydrogen-bond acceptors (Lipinski definition) is 4. The lowest BCUT2D eigenvalue weighted by molar-refractivity contribution is 0.201. The summed E-state index contributed by atoms with van der Waals surface area (Å²) in [6.07, 6.45) is 0. The van der Waals surface area contributed by atoms with Crippen molar-refractivity contribution < 1.29 is 21.9 Å². The molecular weight excluding hydrogens is 256 g/mol. The minimum Gasteiger partial charge on any atom is -0.491 e. The number of hydrogen-bond donors (Lipinski definition) is 1. The second-order valence-electron chi connectivity index (χ2n) is 4.87. The molecule has 1 rings (SSSR count). The van der Waals surface area contributed by atoms with Crippen LogP contribution in [0.3, 0.4) is 0 Å². The molecule has 0 aliphatic carbocycles. The fourth-order valence-corrected chi connectivity index (χ4v) is 1.63. The standard InChI is InChI=1S/C12H18O5S/c1-12(2,3)10-4-6-11(7-5-10)16-8-9-17-18(13,14)15/h4-7H,8-9H2,1-3H3,(H,13,14,15). The van der Waals surface area contributed by atoms with Crippen LogP contribution >= 0.6 is 0 Å². The van der Waals surface area contributed by atoms with Crippen molar-refractivity contribution in [3.63, 3.8) is 0 Å². The summed E-state index contributed by atoms with van der Waals surface area (Å²) >= 11 is 0. The maximum Gasteiger partial charge on any atom is 0.397 e. The fraction of sp³-hybridized carbons (Fsp3) is 0.500. The van der Waals surface area contributed by atoms with Gasteiger partial charge in [0.1, 0.15) is 19.0 Å². The molecule has 18 heavy (non-hydrogen) atoms. The van der Waals surface area contributed by atoms with E-state index < -0.39 is 10.4 Å². The first-order chi connectivity index (χ1) is 8.18. The predicted molar refractivity (Wildman–Crippen MR) is 68.1 cm³/mol. The highest BCUT2D eigenvalue weighted by molar-refractivity contribution is 7.80. The molecule has 0 aromatic heterocycles. The van der Waals surface area contributed by atoms with Crippen LogP contribution in [0.4, 0.5) is 0 Å². The summed E-state index contributed by atoms with van der Waals surface area (Å²) in [5.41, 5.74) is 1.26. The van der Waals surface area contributed by atoms with E-state index in [1.165, 1.54) is 5.56 Å². The van der Waals surface area contributed by atoms with Crippen molar-refractivity contribution in [3.8, 4) is 5.75 Å². The zero-order chi connectivity index (χ0) is 13.8. The third kappa shape index (κ3) is 5.48. The molecule has 1 N–H and O–H groups in total. The van der Waals surface area contributed by atoms with Crippen LogP contribution in [0.25, 0.3) is 0 Å². The van der Waals surface area contributed by atoms with Gasteiger partial charge in [0, 0.05) is 0 Å². The van der Waals surface area contributed by atoms with Crippen molar-refractivity contribution in [1.82, 2.24) is 0 Å². The Morgan fingerprint density at radius 1 is 1.11 bits per heavy atom. The van der Waals surface area contributed by atoms with Gasteiger partial charge in [-0.05, 0) is 23.1 Å². The van der Waals surface area contributed by atoms with Crippen molar-refractivity contribution in [2.24, 2.45) is 0 Å². The van der Waals surface area contributed by atoms with E-state index in [1.807, 2.05) is 24.3 Å². The molecule has 5 nitrogen and oxygen atoms in total. The van der Waals surface area contributed by atoms with Gasteiger partial charge in [0.25, 0.3) is 0 Å². The van der Waals surface area contributed by atoms with Crippen molar-refractivity contribution in [2.75, 3.05) is 13.2 Å². The van der Waals surface area contributed by atoms with Gasteiger partial charge in [-0.15, -0.1) is 0 Å². The van der Waals surface area contributed by atoms with Crippen LogP contribution in [0.2, 0.25) is 0 Å². The molecule has 1 aromatic rings. The van der Waals surface area contributed by atoms with E-state index >= 15 is 0 Å². The monoisotopic (exact) mass is 274 g/mol. The minimum absolute atomic E-state index is 0.0503. The lowest BCUT2D eigenvalue weighted by Gasteiger charge is -2.19. The van der Waals surface area contributed by atoms with Crippen molar-refractivity contribution in [1.29, 1.82) is 0 Å². The summed E-state index contributed by atoms with van der Waals surface area (Å²) in [5.74, 6) is 0.627. The Hall–Kier alpha value is -1.11. The third-order valence-electron chi connectivity index (χ3n) is 2.30. The highest BCUT2D eigenvalue weighted by Gasteiger charge is 2.12. The highest BCUT2D eigenvalue weighted by Crippen LogP contribution is 2.24. The Morgan fingerprint density at radius 3 is 2.11 bits per heavy atom. The molecule has 0 fully saturated rings. The second-order valence-corrected chi connectivity index (χ2v) is 5.96. The maximum absolute atomic E-state index is 10.3. The molecule has 0 spiro atoms. The molecule has 102 valence electrons. The van der Waals surface area contributed by atoms with E-state index in [-0.39, 0.29) is 18.6 Å². The Morgan fingerprint density at radius 2 is 1.67 bits per heavy atom. The smallest absolute Gasteiger partial charge is 0.397 e. The molecule has 0 radical (unpaired) electrons. The molecule has 0 heterocycles. The Balaban J connectivity index is 2.45. The molecule has 0 atom stereocenters. The molecule has 1 aromatic carbocycles. The first-order valence-electron chi connectivity index (χ1n) is 5.54. The topological polar surface area (TPSA) is 72.8 Å². The van der Waals surface area contributed by atoms with E-state index in [9.17, 15) is 8.42 Å². The fourth-order valence-electron chi connectivity index (χ4n) is 1.35. The molecule has 0 aliphatic rings. The second kappa shape index (κ2) is 5.69. The zero-order valence-electron chi connectivity index (χ0n) is 10.7. The van der Waals surface area contributed by atoms with Gasteiger partial charge in [0.2, 0.25) is 0 Å². The number of ether oxygens (including phenoxy) is 1. The van der Waals surface area contributed by atoms with Gasteiger partial charge in [-0.25, -0.2) is 4.18 Å². The van der Waals surface area contributed by atoms with Gasteiger partial charge in [-0.3, -0.25) is 4.55 Å². The molecule has 0 aliphatic heterocycles.